The lowest BCUT2D eigenvalue weighted by Gasteiger charge is -2.23. The predicted molar refractivity (Wildman–Crippen MR) is 91.4 cm³/mol. The molecular weight excluding hydrogens is 306 g/mol. The van der Waals surface area contributed by atoms with Crippen molar-refractivity contribution in [1.82, 2.24) is 4.57 Å². The second-order valence-corrected chi connectivity index (χ2v) is 6.33. The number of hydrogen-bond donors (Lipinski definition) is 1. The topological polar surface area (TPSA) is 68.5 Å². The van der Waals surface area contributed by atoms with Crippen LogP contribution < -0.4 is 5.56 Å². The van der Waals surface area contributed by atoms with E-state index in [4.69, 9.17) is 4.74 Å². The predicted octanol–water partition coefficient (Wildman–Crippen LogP) is 2.95. The van der Waals surface area contributed by atoms with Gasteiger partial charge in [0.1, 0.15) is 5.56 Å². The summed E-state index contributed by atoms with van der Waals surface area (Å²) in [5.74, 6) is -0.846. The van der Waals surface area contributed by atoms with Gasteiger partial charge < -0.3 is 14.4 Å². The number of benzene rings is 1. The van der Waals surface area contributed by atoms with Crippen molar-refractivity contribution >= 4 is 5.97 Å². The average molecular weight is 327 g/mol. The minimum Gasteiger partial charge on any atom is -0.477 e. The van der Waals surface area contributed by atoms with Crippen molar-refractivity contribution in [2.45, 2.75) is 26.3 Å². The van der Waals surface area contributed by atoms with Crippen LogP contribution in [0.4, 0.5) is 0 Å². The Morgan fingerprint density at radius 1 is 1.21 bits per heavy atom. The Hall–Kier alpha value is -2.40. The third-order valence-corrected chi connectivity index (χ3v) is 4.50. The SMILES string of the molecule is Cc1ccc(-c2cc(C(=O)O)c(=O)n(CC3CCOCC3)c2)cc1. The van der Waals surface area contributed by atoms with Crippen LogP contribution in [0, 0.1) is 12.8 Å². The molecule has 0 atom stereocenters. The highest BCUT2D eigenvalue weighted by Crippen LogP contribution is 2.22. The van der Waals surface area contributed by atoms with Crippen molar-refractivity contribution in [3.05, 3.63) is 58.0 Å². The van der Waals surface area contributed by atoms with Gasteiger partial charge in [-0.05, 0) is 42.9 Å². The summed E-state index contributed by atoms with van der Waals surface area (Å²) in [7, 11) is 0. The fraction of sp³-hybridized carbons (Fsp3) is 0.368. The van der Waals surface area contributed by atoms with Crippen LogP contribution >= 0.6 is 0 Å². The summed E-state index contributed by atoms with van der Waals surface area (Å²) < 4.78 is 6.90. The number of aromatic carboxylic acids is 1. The number of hydrogen-bond acceptors (Lipinski definition) is 3. The first-order chi connectivity index (χ1) is 11.5. The lowest BCUT2D eigenvalue weighted by atomic mass is 9.99. The number of rotatable bonds is 4. The smallest absolute Gasteiger partial charge is 0.341 e. The lowest BCUT2D eigenvalue weighted by molar-refractivity contribution is 0.0606. The van der Waals surface area contributed by atoms with Gasteiger partial charge in [0, 0.05) is 26.0 Å². The highest BCUT2D eigenvalue weighted by atomic mass is 16.5. The third-order valence-electron chi connectivity index (χ3n) is 4.50. The molecule has 2 aromatic rings. The van der Waals surface area contributed by atoms with Crippen LogP contribution in [0.2, 0.25) is 0 Å². The molecule has 0 spiro atoms. The first-order valence-electron chi connectivity index (χ1n) is 8.17. The van der Waals surface area contributed by atoms with Gasteiger partial charge >= 0.3 is 5.97 Å². The molecule has 0 unspecified atom stereocenters. The molecule has 1 N–H and O–H groups in total. The fourth-order valence-electron chi connectivity index (χ4n) is 3.04. The van der Waals surface area contributed by atoms with Crippen molar-refractivity contribution in [2.75, 3.05) is 13.2 Å². The van der Waals surface area contributed by atoms with Crippen LogP contribution in [-0.2, 0) is 11.3 Å². The summed E-state index contributed by atoms with van der Waals surface area (Å²) in [4.78, 5) is 23.9. The molecule has 1 aliphatic heterocycles. The summed E-state index contributed by atoms with van der Waals surface area (Å²) in [6.45, 7) is 3.92. The van der Waals surface area contributed by atoms with Crippen LogP contribution in [0.25, 0.3) is 11.1 Å². The van der Waals surface area contributed by atoms with Gasteiger partial charge in [0.15, 0.2) is 0 Å². The van der Waals surface area contributed by atoms with Gasteiger partial charge in [-0.3, -0.25) is 4.79 Å². The summed E-state index contributed by atoms with van der Waals surface area (Å²) in [5, 5.41) is 9.38. The standard InChI is InChI=1S/C19H21NO4/c1-13-2-4-15(5-3-13)16-10-17(19(22)23)18(21)20(12-16)11-14-6-8-24-9-7-14/h2-5,10,12,14H,6-9,11H2,1H3,(H,22,23). The summed E-state index contributed by atoms with van der Waals surface area (Å²) >= 11 is 0. The van der Waals surface area contributed by atoms with Crippen molar-refractivity contribution in [3.63, 3.8) is 0 Å². The summed E-state index contributed by atoms with van der Waals surface area (Å²) in [6.07, 6.45) is 3.56. The van der Waals surface area contributed by atoms with Crippen LogP contribution in [-0.4, -0.2) is 28.9 Å². The van der Waals surface area contributed by atoms with Crippen molar-refractivity contribution in [2.24, 2.45) is 5.92 Å². The molecule has 1 aromatic carbocycles. The summed E-state index contributed by atoms with van der Waals surface area (Å²) in [6, 6.07) is 9.31. The second-order valence-electron chi connectivity index (χ2n) is 6.33. The molecule has 2 heterocycles. The Kier molecular flexibility index (Phi) is 4.81. The van der Waals surface area contributed by atoms with E-state index in [1.165, 1.54) is 6.07 Å². The number of pyridine rings is 1. The molecule has 0 radical (unpaired) electrons. The molecule has 5 heteroatoms. The minimum absolute atomic E-state index is 0.180. The van der Waals surface area contributed by atoms with Crippen LogP contribution in [0.1, 0.15) is 28.8 Å². The third kappa shape index (κ3) is 3.57. The zero-order valence-electron chi connectivity index (χ0n) is 13.7. The molecule has 1 aliphatic rings. The Bertz CT molecular complexity index is 786. The zero-order valence-corrected chi connectivity index (χ0v) is 13.7. The highest BCUT2D eigenvalue weighted by molar-refractivity contribution is 5.88. The molecule has 0 bridgehead atoms. The van der Waals surface area contributed by atoms with E-state index in [9.17, 15) is 14.7 Å². The van der Waals surface area contributed by atoms with Crippen LogP contribution in [0.15, 0.2) is 41.3 Å². The average Bonchev–Trinajstić information content (AvgIpc) is 2.58. The molecule has 1 saturated heterocycles. The molecule has 126 valence electrons. The largest absolute Gasteiger partial charge is 0.477 e. The number of carboxylic acid groups (broad SMARTS) is 1. The van der Waals surface area contributed by atoms with E-state index in [1.54, 1.807) is 10.8 Å². The Morgan fingerprint density at radius 2 is 1.88 bits per heavy atom. The maximum absolute atomic E-state index is 12.5. The molecular formula is C19H21NO4. The number of ether oxygens (including phenoxy) is 1. The van der Waals surface area contributed by atoms with Crippen molar-refractivity contribution < 1.29 is 14.6 Å². The Labute approximate surface area is 140 Å². The van der Waals surface area contributed by atoms with E-state index in [0.717, 1.165) is 29.5 Å². The zero-order chi connectivity index (χ0) is 17.1. The monoisotopic (exact) mass is 327 g/mol. The Morgan fingerprint density at radius 3 is 2.50 bits per heavy atom. The molecule has 0 saturated carbocycles. The fourth-order valence-corrected chi connectivity index (χ4v) is 3.04. The molecule has 5 nitrogen and oxygen atoms in total. The van der Waals surface area contributed by atoms with Gasteiger partial charge in [0.25, 0.3) is 5.56 Å². The molecule has 3 rings (SSSR count). The number of carboxylic acids is 1. The highest BCUT2D eigenvalue weighted by Gasteiger charge is 2.18. The first-order valence-corrected chi connectivity index (χ1v) is 8.17. The van der Waals surface area contributed by atoms with Gasteiger partial charge in [-0.25, -0.2) is 4.79 Å². The van der Waals surface area contributed by atoms with E-state index in [2.05, 4.69) is 0 Å². The lowest BCUT2D eigenvalue weighted by Crippen LogP contribution is -2.30. The molecule has 1 aromatic heterocycles. The van der Waals surface area contributed by atoms with E-state index >= 15 is 0 Å². The van der Waals surface area contributed by atoms with Gasteiger partial charge in [0.2, 0.25) is 0 Å². The number of aryl methyl sites for hydroxylation is 1. The molecule has 1 fully saturated rings. The van der Waals surface area contributed by atoms with E-state index < -0.39 is 11.5 Å². The molecule has 0 amide bonds. The van der Waals surface area contributed by atoms with Crippen LogP contribution in [0.5, 0.6) is 0 Å². The quantitative estimate of drug-likeness (QED) is 0.937. The first kappa shape index (κ1) is 16.5. The maximum Gasteiger partial charge on any atom is 0.341 e. The van der Waals surface area contributed by atoms with Gasteiger partial charge in [-0.1, -0.05) is 29.8 Å². The molecule has 0 aliphatic carbocycles. The van der Waals surface area contributed by atoms with Crippen LogP contribution in [0.3, 0.4) is 0 Å². The van der Waals surface area contributed by atoms with Gasteiger partial charge in [-0.15, -0.1) is 0 Å². The number of carbonyl (C=O) groups is 1. The van der Waals surface area contributed by atoms with E-state index in [-0.39, 0.29) is 5.56 Å². The van der Waals surface area contributed by atoms with Crippen molar-refractivity contribution in [1.29, 1.82) is 0 Å². The van der Waals surface area contributed by atoms with Gasteiger partial charge in [-0.2, -0.15) is 0 Å². The minimum atomic E-state index is -1.19. The van der Waals surface area contributed by atoms with Crippen molar-refractivity contribution in [3.8, 4) is 11.1 Å². The number of aromatic nitrogens is 1. The Balaban J connectivity index is 2.01. The number of nitrogens with zero attached hydrogens (tertiary/aromatic N) is 1. The van der Waals surface area contributed by atoms with E-state index in [1.807, 2.05) is 31.2 Å². The van der Waals surface area contributed by atoms with E-state index in [0.29, 0.717) is 25.7 Å². The summed E-state index contributed by atoms with van der Waals surface area (Å²) in [5.41, 5.74) is 2.17. The maximum atomic E-state index is 12.5. The second kappa shape index (κ2) is 7.01. The molecule has 24 heavy (non-hydrogen) atoms. The van der Waals surface area contributed by atoms with Gasteiger partial charge in [0.05, 0.1) is 0 Å². The normalized spacial score (nSPS) is 15.4.